The van der Waals surface area contributed by atoms with Crippen molar-refractivity contribution in [2.45, 2.75) is 90.3 Å². The molecule has 2 fully saturated rings. The summed E-state index contributed by atoms with van der Waals surface area (Å²) in [6.07, 6.45) is 2.77. The van der Waals surface area contributed by atoms with Gasteiger partial charge >= 0.3 is 18.2 Å². The second-order valence-corrected chi connectivity index (χ2v) is 22.2. The molecule has 2 N–H and O–H groups in total. The van der Waals surface area contributed by atoms with E-state index in [9.17, 15) is 19.2 Å². The van der Waals surface area contributed by atoms with E-state index < -0.39 is 17.2 Å². The molecule has 336 valence electrons. The van der Waals surface area contributed by atoms with E-state index in [1.54, 1.807) is 49.3 Å². The summed E-state index contributed by atoms with van der Waals surface area (Å²) in [5, 5.41) is 27.5. The highest BCUT2D eigenvalue weighted by molar-refractivity contribution is 7.16. The average Bonchev–Trinajstić information content (AvgIpc) is 4.01. The van der Waals surface area contributed by atoms with E-state index in [2.05, 4.69) is 27.4 Å². The second-order valence-electron chi connectivity index (χ2n) is 17.0. The zero-order chi connectivity index (χ0) is 45.5. The van der Waals surface area contributed by atoms with Gasteiger partial charge < -0.3 is 24.4 Å². The fourth-order valence-corrected chi connectivity index (χ4v) is 9.80. The van der Waals surface area contributed by atoms with Gasteiger partial charge in [-0.3, -0.25) is 9.89 Å². The molecule has 19 heteroatoms. The lowest BCUT2D eigenvalue weighted by atomic mass is 9.96. The van der Waals surface area contributed by atoms with Crippen LogP contribution in [0.3, 0.4) is 0 Å². The van der Waals surface area contributed by atoms with Gasteiger partial charge in [-0.25, -0.2) is 19.1 Å². The number of carbonyl (C=O) groups excluding carboxylic acids is 3. The molecule has 2 amide bonds. The predicted octanol–water partition coefficient (Wildman–Crippen LogP) is 11.2. The number of thiophene rings is 4. The summed E-state index contributed by atoms with van der Waals surface area (Å²) < 4.78 is 13.9. The number of carbonyl (C=O) groups is 4. The Bertz CT molecular complexity index is 2450. The number of rotatable bonds is 10. The van der Waals surface area contributed by atoms with Crippen molar-refractivity contribution in [3.8, 4) is 0 Å². The number of aryl methyl sites for hydroxylation is 4. The van der Waals surface area contributed by atoms with Crippen molar-refractivity contribution in [1.82, 2.24) is 29.8 Å². The maximum Gasteiger partial charge on any atom is 0.410 e. The molecule has 0 spiro atoms. The number of hydrogen-bond acceptors (Lipinski definition) is 12. The van der Waals surface area contributed by atoms with Crippen LogP contribution in [0.1, 0.15) is 107 Å². The zero-order valence-electron chi connectivity index (χ0n) is 35.8. The molecular weight excluding hydrogens is 924 g/mol. The number of carboxylic acids is 1. The normalized spacial score (nSPS) is 14.2. The number of carboxylic acid groups (broad SMARTS) is 1. The van der Waals surface area contributed by atoms with E-state index in [4.69, 9.17) is 37.8 Å². The Balaban J connectivity index is 0.000000182. The van der Waals surface area contributed by atoms with Crippen LogP contribution in [0.2, 0.25) is 8.67 Å². The fourth-order valence-electron chi connectivity index (χ4n) is 6.37. The van der Waals surface area contributed by atoms with Crippen molar-refractivity contribution in [3.05, 3.63) is 122 Å². The number of nitrogens with zero attached hydrogens (tertiary/aromatic N) is 5. The smallest absolute Gasteiger partial charge is 0.410 e. The number of H-pyrrole nitrogens is 1. The molecular formula is C44H50Cl2N6O7S4. The molecule has 0 saturated carbocycles. The standard InChI is InChI=1S/C22H24ClN3O3S2.C17H22ClN3O2S.C5H4O2S/c1-22(2,3)29-21(28)25-11-15(12-25)18-10-16(4-5-17-6-7-19(23)31-17)26(24-18)20(27)14-8-9-30-13-14;1-17(2,3)23-16(22)21-9-11(10-21)14-8-12(19-20-14)4-5-13-6-7-15(18)24-13;6-5(7)4-1-2-8-3-4/h6-10,13,15H,4-5,11-12H2,1-3H3;6-8,11H,4-5,9-10H2,1-3H3,(H,19,20);1-3H,(H,6,7). The van der Waals surface area contributed by atoms with E-state index in [0.717, 1.165) is 50.7 Å². The molecule has 6 aromatic rings. The third-order valence-corrected chi connectivity index (χ3v) is 13.6. The summed E-state index contributed by atoms with van der Waals surface area (Å²) in [6, 6.07) is 15.4. The van der Waals surface area contributed by atoms with Crippen LogP contribution >= 0.6 is 68.5 Å². The SMILES string of the molecule is CC(C)(C)OC(=O)N1CC(c2cc(CCc3ccc(Cl)s3)[nH]n2)C1.CC(C)(C)OC(=O)N1CC(c2cc(CCc3ccc(Cl)s3)n(C(=O)c3ccsc3)n2)C1.O=C(O)c1ccsc1. The van der Waals surface area contributed by atoms with E-state index in [-0.39, 0.29) is 24.0 Å². The van der Waals surface area contributed by atoms with Crippen molar-refractivity contribution in [2.75, 3.05) is 26.2 Å². The second kappa shape index (κ2) is 21.0. The Kier molecular flexibility index (Phi) is 16.0. The molecule has 2 saturated heterocycles. The van der Waals surface area contributed by atoms with Gasteiger partial charge in [-0.1, -0.05) is 23.2 Å². The highest BCUT2D eigenvalue weighted by Gasteiger charge is 2.37. The molecule has 2 aliphatic rings. The van der Waals surface area contributed by atoms with Crippen molar-refractivity contribution >= 4 is 92.6 Å². The van der Waals surface area contributed by atoms with Crippen LogP contribution in [0.25, 0.3) is 0 Å². The number of nitrogens with one attached hydrogen (secondary N) is 1. The first kappa shape index (κ1) is 47.9. The molecule has 8 rings (SSSR count). The summed E-state index contributed by atoms with van der Waals surface area (Å²) in [7, 11) is 0. The van der Waals surface area contributed by atoms with Crippen molar-refractivity contribution in [2.24, 2.45) is 0 Å². The fraction of sp³-hybridized carbons (Fsp3) is 0.409. The Morgan fingerprint density at radius 2 is 1.22 bits per heavy atom. The number of amides is 2. The lowest BCUT2D eigenvalue weighted by molar-refractivity contribution is 0.00693. The summed E-state index contributed by atoms with van der Waals surface area (Å²) in [5.74, 6) is -0.598. The minimum absolute atomic E-state index is 0.0963. The van der Waals surface area contributed by atoms with Crippen LogP contribution in [-0.2, 0) is 35.2 Å². The molecule has 6 aromatic heterocycles. The average molecular weight is 974 g/mol. The highest BCUT2D eigenvalue weighted by Crippen LogP contribution is 2.31. The summed E-state index contributed by atoms with van der Waals surface area (Å²) in [6.45, 7) is 13.6. The van der Waals surface area contributed by atoms with Crippen LogP contribution < -0.4 is 0 Å². The van der Waals surface area contributed by atoms with E-state index in [1.165, 1.54) is 37.1 Å². The summed E-state index contributed by atoms with van der Waals surface area (Å²) in [5.41, 5.74) is 3.87. The Labute approximate surface area is 392 Å². The minimum atomic E-state index is -0.855. The first-order valence-electron chi connectivity index (χ1n) is 20.2. The van der Waals surface area contributed by atoms with E-state index >= 15 is 0 Å². The van der Waals surface area contributed by atoms with Gasteiger partial charge in [0.2, 0.25) is 0 Å². The zero-order valence-corrected chi connectivity index (χ0v) is 40.5. The number of aromatic carboxylic acids is 1. The molecule has 8 heterocycles. The maximum absolute atomic E-state index is 13.0. The number of ether oxygens (including phenoxy) is 2. The Morgan fingerprint density at radius 1 is 0.714 bits per heavy atom. The maximum atomic E-state index is 13.0. The van der Waals surface area contributed by atoms with Gasteiger partial charge in [0, 0.05) is 69.9 Å². The van der Waals surface area contributed by atoms with Crippen LogP contribution in [0, 0.1) is 0 Å². The first-order chi connectivity index (χ1) is 29.8. The largest absolute Gasteiger partial charge is 0.478 e. The number of hydrogen-bond donors (Lipinski definition) is 2. The number of halogens is 2. The molecule has 0 radical (unpaired) electrons. The molecule has 2 aliphatic heterocycles. The lowest BCUT2D eigenvalue weighted by Gasteiger charge is -2.38. The van der Waals surface area contributed by atoms with Gasteiger partial charge in [0.15, 0.2) is 0 Å². The van der Waals surface area contributed by atoms with Gasteiger partial charge in [-0.2, -0.15) is 32.9 Å². The van der Waals surface area contributed by atoms with Gasteiger partial charge in [0.05, 0.1) is 31.2 Å². The predicted molar refractivity (Wildman–Crippen MR) is 251 cm³/mol. The summed E-state index contributed by atoms with van der Waals surface area (Å²) >= 11 is 18.0. The highest BCUT2D eigenvalue weighted by atomic mass is 35.5. The third kappa shape index (κ3) is 14.0. The van der Waals surface area contributed by atoms with Crippen LogP contribution in [-0.4, -0.2) is 96.3 Å². The van der Waals surface area contributed by atoms with Gasteiger partial charge in [0.1, 0.15) is 11.2 Å². The number of aromatic nitrogens is 4. The number of likely N-dealkylation sites (tertiary alicyclic amines) is 2. The molecule has 63 heavy (non-hydrogen) atoms. The Hall–Kier alpha value is -4.52. The van der Waals surface area contributed by atoms with Crippen molar-refractivity contribution in [1.29, 1.82) is 0 Å². The minimum Gasteiger partial charge on any atom is -0.478 e. The third-order valence-electron chi connectivity index (χ3n) is 9.61. The molecule has 0 atom stereocenters. The van der Waals surface area contributed by atoms with Crippen molar-refractivity contribution < 1.29 is 33.8 Å². The molecule has 0 aromatic carbocycles. The van der Waals surface area contributed by atoms with E-state index in [1.807, 2.05) is 82.6 Å². The van der Waals surface area contributed by atoms with Crippen LogP contribution in [0.15, 0.2) is 70.1 Å². The van der Waals surface area contributed by atoms with Gasteiger partial charge in [-0.05, 0) is 127 Å². The molecule has 0 bridgehead atoms. The van der Waals surface area contributed by atoms with E-state index in [0.29, 0.717) is 49.6 Å². The monoisotopic (exact) mass is 972 g/mol. The topological polar surface area (TPSA) is 160 Å². The van der Waals surface area contributed by atoms with Gasteiger partial charge in [0.25, 0.3) is 5.91 Å². The van der Waals surface area contributed by atoms with Crippen LogP contribution in [0.4, 0.5) is 9.59 Å². The quantitative estimate of drug-likeness (QED) is 0.136. The first-order valence-corrected chi connectivity index (χ1v) is 24.5. The van der Waals surface area contributed by atoms with Crippen LogP contribution in [0.5, 0.6) is 0 Å². The lowest BCUT2D eigenvalue weighted by Crippen LogP contribution is -2.50. The molecule has 0 aliphatic carbocycles. The van der Waals surface area contributed by atoms with Crippen molar-refractivity contribution in [3.63, 3.8) is 0 Å². The number of aromatic amines is 1. The molecule has 0 unspecified atom stereocenters. The summed E-state index contributed by atoms with van der Waals surface area (Å²) in [4.78, 5) is 53.1. The Morgan fingerprint density at radius 3 is 1.67 bits per heavy atom. The van der Waals surface area contributed by atoms with Gasteiger partial charge in [-0.15, -0.1) is 22.7 Å². The molecule has 13 nitrogen and oxygen atoms in total.